The molecule has 1 atom stereocenters. The molecule has 0 spiro atoms. The van der Waals surface area contributed by atoms with Crippen molar-refractivity contribution in [1.82, 2.24) is 9.88 Å². The molecule has 114 valence electrons. The van der Waals surface area contributed by atoms with Gasteiger partial charge in [-0.1, -0.05) is 0 Å². The van der Waals surface area contributed by atoms with Gasteiger partial charge in [-0.2, -0.15) is 0 Å². The maximum atomic E-state index is 11.8. The van der Waals surface area contributed by atoms with Crippen LogP contribution in [0, 0.1) is 5.92 Å². The summed E-state index contributed by atoms with van der Waals surface area (Å²) in [5.74, 6) is 0.592. The minimum Gasteiger partial charge on any atom is -0.383 e. The van der Waals surface area contributed by atoms with Crippen molar-refractivity contribution >= 4 is 17.6 Å². The minimum atomic E-state index is -0.496. The Kier molecular flexibility index (Phi) is 5.10. The highest BCUT2D eigenvalue weighted by atomic mass is 16.5. The third-order valence-electron chi connectivity index (χ3n) is 3.48. The molecule has 21 heavy (non-hydrogen) atoms. The van der Waals surface area contributed by atoms with E-state index in [1.807, 2.05) is 4.90 Å². The number of carbonyl (C=O) groups excluding carboxylic acids is 2. The van der Waals surface area contributed by atoms with Crippen LogP contribution in [-0.4, -0.2) is 55.0 Å². The van der Waals surface area contributed by atoms with Crippen LogP contribution < -0.4 is 11.1 Å². The minimum absolute atomic E-state index is 0.163. The quantitative estimate of drug-likeness (QED) is 0.742. The molecular formula is C14H20N4O3. The summed E-state index contributed by atoms with van der Waals surface area (Å²) in [4.78, 5) is 28.7. The molecule has 1 saturated heterocycles. The largest absolute Gasteiger partial charge is 0.383 e. The Labute approximate surface area is 123 Å². The van der Waals surface area contributed by atoms with Gasteiger partial charge >= 0.3 is 0 Å². The van der Waals surface area contributed by atoms with E-state index in [2.05, 4.69) is 10.3 Å². The maximum absolute atomic E-state index is 11.8. The number of likely N-dealkylation sites (tertiary alicyclic amines) is 1. The Bertz CT molecular complexity index is 503. The molecule has 0 bridgehead atoms. The molecule has 0 radical (unpaired) electrons. The molecule has 0 aliphatic carbocycles. The standard InChI is InChI=1S/C14H20N4O3/c1-21-5-4-18-9-10(6-13(18)19)7-16-12-3-2-11(8-17-12)14(15)20/h2-3,8,10H,4-7,9H2,1H3,(H2,15,20)(H,16,17)/t10-/m1/s1. The van der Waals surface area contributed by atoms with Gasteiger partial charge < -0.3 is 20.7 Å². The van der Waals surface area contributed by atoms with Crippen LogP contribution in [0.4, 0.5) is 5.82 Å². The second kappa shape index (κ2) is 7.03. The second-order valence-electron chi connectivity index (χ2n) is 5.08. The van der Waals surface area contributed by atoms with Crippen molar-refractivity contribution in [3.63, 3.8) is 0 Å². The summed E-state index contributed by atoms with van der Waals surface area (Å²) in [6.07, 6.45) is 1.98. The first-order valence-corrected chi connectivity index (χ1v) is 6.86. The van der Waals surface area contributed by atoms with Crippen LogP contribution in [0.1, 0.15) is 16.8 Å². The molecule has 1 aromatic rings. The SMILES string of the molecule is COCCN1C[C@@H](CNc2ccc(C(N)=O)cn2)CC1=O. The lowest BCUT2D eigenvalue weighted by Gasteiger charge is -2.16. The molecule has 2 heterocycles. The highest BCUT2D eigenvalue weighted by Gasteiger charge is 2.28. The molecule has 1 aromatic heterocycles. The third kappa shape index (κ3) is 4.16. The van der Waals surface area contributed by atoms with Crippen LogP contribution >= 0.6 is 0 Å². The number of hydrogen-bond acceptors (Lipinski definition) is 5. The van der Waals surface area contributed by atoms with Crippen molar-refractivity contribution < 1.29 is 14.3 Å². The Morgan fingerprint density at radius 1 is 1.57 bits per heavy atom. The zero-order chi connectivity index (χ0) is 15.2. The van der Waals surface area contributed by atoms with Crippen molar-refractivity contribution in [2.75, 3.05) is 38.7 Å². The van der Waals surface area contributed by atoms with E-state index in [1.54, 1.807) is 19.2 Å². The molecule has 0 saturated carbocycles. The monoisotopic (exact) mass is 292 g/mol. The first kappa shape index (κ1) is 15.2. The summed E-state index contributed by atoms with van der Waals surface area (Å²) in [6, 6.07) is 3.34. The molecule has 7 nitrogen and oxygen atoms in total. The van der Waals surface area contributed by atoms with Crippen molar-refractivity contribution in [3.8, 4) is 0 Å². The summed E-state index contributed by atoms with van der Waals surface area (Å²) < 4.78 is 4.99. The molecule has 1 aliphatic rings. The average Bonchev–Trinajstić information content (AvgIpc) is 2.83. The average molecular weight is 292 g/mol. The van der Waals surface area contributed by atoms with Crippen LogP contribution in [-0.2, 0) is 9.53 Å². The second-order valence-corrected chi connectivity index (χ2v) is 5.08. The van der Waals surface area contributed by atoms with Gasteiger partial charge in [0.2, 0.25) is 11.8 Å². The normalized spacial score (nSPS) is 18.0. The summed E-state index contributed by atoms with van der Waals surface area (Å²) >= 11 is 0. The number of pyridine rings is 1. The number of rotatable bonds is 7. The molecule has 7 heteroatoms. The smallest absolute Gasteiger partial charge is 0.250 e. The first-order valence-electron chi connectivity index (χ1n) is 6.86. The van der Waals surface area contributed by atoms with E-state index in [9.17, 15) is 9.59 Å². The predicted octanol–water partition coefficient (Wildman–Crippen LogP) is 0.0873. The van der Waals surface area contributed by atoms with E-state index >= 15 is 0 Å². The van der Waals surface area contributed by atoms with E-state index in [0.29, 0.717) is 37.5 Å². The van der Waals surface area contributed by atoms with Crippen LogP contribution in [0.2, 0.25) is 0 Å². The molecule has 2 rings (SSSR count). The fraction of sp³-hybridized carbons (Fsp3) is 0.500. The van der Waals surface area contributed by atoms with Gasteiger partial charge in [-0.15, -0.1) is 0 Å². The van der Waals surface area contributed by atoms with Gasteiger partial charge in [0.15, 0.2) is 0 Å². The Morgan fingerprint density at radius 2 is 2.38 bits per heavy atom. The molecule has 1 fully saturated rings. The number of anilines is 1. The van der Waals surface area contributed by atoms with Gasteiger partial charge in [0.25, 0.3) is 0 Å². The highest BCUT2D eigenvalue weighted by Crippen LogP contribution is 2.18. The fourth-order valence-electron chi connectivity index (χ4n) is 2.30. The molecule has 3 N–H and O–H groups in total. The number of nitrogens with zero attached hydrogens (tertiary/aromatic N) is 2. The van der Waals surface area contributed by atoms with Crippen molar-refractivity contribution in [2.45, 2.75) is 6.42 Å². The lowest BCUT2D eigenvalue weighted by atomic mass is 10.1. The molecular weight excluding hydrogens is 272 g/mol. The number of hydrogen-bond donors (Lipinski definition) is 2. The van der Waals surface area contributed by atoms with Gasteiger partial charge in [-0.25, -0.2) is 4.98 Å². The zero-order valence-corrected chi connectivity index (χ0v) is 12.0. The van der Waals surface area contributed by atoms with Gasteiger partial charge in [0, 0.05) is 45.3 Å². The lowest BCUT2D eigenvalue weighted by Crippen LogP contribution is -2.29. The number of carbonyl (C=O) groups is 2. The van der Waals surface area contributed by atoms with E-state index in [4.69, 9.17) is 10.5 Å². The van der Waals surface area contributed by atoms with E-state index in [0.717, 1.165) is 6.54 Å². The molecule has 0 aromatic carbocycles. The highest BCUT2D eigenvalue weighted by molar-refractivity contribution is 5.92. The number of primary amides is 1. The van der Waals surface area contributed by atoms with E-state index in [1.165, 1.54) is 6.20 Å². The van der Waals surface area contributed by atoms with Crippen molar-refractivity contribution in [2.24, 2.45) is 11.7 Å². The Balaban J connectivity index is 1.81. The number of methoxy groups -OCH3 is 1. The van der Waals surface area contributed by atoms with E-state index < -0.39 is 5.91 Å². The number of ether oxygens (including phenoxy) is 1. The van der Waals surface area contributed by atoms with Crippen LogP contribution in [0.15, 0.2) is 18.3 Å². The number of nitrogens with two attached hydrogens (primary N) is 1. The van der Waals surface area contributed by atoms with Gasteiger partial charge in [0.1, 0.15) is 5.82 Å². The number of amides is 2. The van der Waals surface area contributed by atoms with Gasteiger partial charge in [0.05, 0.1) is 12.2 Å². The summed E-state index contributed by atoms with van der Waals surface area (Å²) in [5.41, 5.74) is 5.53. The maximum Gasteiger partial charge on any atom is 0.250 e. The third-order valence-corrected chi connectivity index (χ3v) is 3.48. The lowest BCUT2D eigenvalue weighted by molar-refractivity contribution is -0.128. The molecule has 1 aliphatic heterocycles. The molecule has 2 amide bonds. The Hall–Kier alpha value is -2.15. The van der Waals surface area contributed by atoms with Crippen molar-refractivity contribution in [1.29, 1.82) is 0 Å². The summed E-state index contributed by atoms with van der Waals surface area (Å²) in [5, 5.41) is 3.18. The topological polar surface area (TPSA) is 97.6 Å². The van der Waals surface area contributed by atoms with Crippen LogP contribution in [0.3, 0.4) is 0 Å². The fourth-order valence-corrected chi connectivity index (χ4v) is 2.30. The van der Waals surface area contributed by atoms with Crippen LogP contribution in [0.5, 0.6) is 0 Å². The van der Waals surface area contributed by atoms with Crippen molar-refractivity contribution in [3.05, 3.63) is 23.9 Å². The van der Waals surface area contributed by atoms with Gasteiger partial charge in [-0.3, -0.25) is 9.59 Å². The Morgan fingerprint density at radius 3 is 3.00 bits per heavy atom. The number of nitrogens with one attached hydrogen (secondary N) is 1. The van der Waals surface area contributed by atoms with Crippen LogP contribution in [0.25, 0.3) is 0 Å². The number of aromatic nitrogens is 1. The predicted molar refractivity (Wildman–Crippen MR) is 77.8 cm³/mol. The molecule has 0 unspecified atom stereocenters. The summed E-state index contributed by atoms with van der Waals surface area (Å²) in [6.45, 7) is 2.59. The van der Waals surface area contributed by atoms with Gasteiger partial charge in [-0.05, 0) is 12.1 Å². The summed E-state index contributed by atoms with van der Waals surface area (Å²) in [7, 11) is 1.63. The first-order chi connectivity index (χ1) is 10.1. The zero-order valence-electron chi connectivity index (χ0n) is 12.0. The van der Waals surface area contributed by atoms with E-state index in [-0.39, 0.29) is 11.8 Å².